The number of nitrogen functional groups attached to an aromatic ring is 1. The Kier molecular flexibility index (Phi) is 5.17. The third-order valence-electron chi connectivity index (χ3n) is 5.61. The van der Waals surface area contributed by atoms with Crippen LogP contribution in [0.3, 0.4) is 0 Å². The Morgan fingerprint density at radius 1 is 1.29 bits per heavy atom. The van der Waals surface area contributed by atoms with E-state index in [-0.39, 0.29) is 11.3 Å². The van der Waals surface area contributed by atoms with Crippen molar-refractivity contribution in [3.63, 3.8) is 0 Å². The van der Waals surface area contributed by atoms with Gasteiger partial charge in [-0.2, -0.15) is 5.10 Å². The van der Waals surface area contributed by atoms with Gasteiger partial charge in [-0.1, -0.05) is 43.7 Å². The Morgan fingerprint density at radius 3 is 2.68 bits per heavy atom. The number of thiazole rings is 1. The van der Waals surface area contributed by atoms with Crippen LogP contribution in [0.25, 0.3) is 0 Å². The molecule has 0 radical (unpaired) electrons. The fraction of sp³-hybridized carbons (Fsp3) is 0.381. The second-order valence-electron chi connectivity index (χ2n) is 7.34. The van der Waals surface area contributed by atoms with Gasteiger partial charge in [0.25, 0.3) is 5.91 Å². The summed E-state index contributed by atoms with van der Waals surface area (Å²) in [6.07, 6.45) is 3.56. The van der Waals surface area contributed by atoms with E-state index in [1.54, 1.807) is 0 Å². The minimum absolute atomic E-state index is 0.00180. The molecular formula is C21H25N5OS. The molecule has 28 heavy (non-hydrogen) atoms. The van der Waals surface area contributed by atoms with E-state index < -0.39 is 0 Å². The smallest absolute Gasteiger partial charge is 0.274 e. The molecule has 0 unspecified atom stereocenters. The van der Waals surface area contributed by atoms with Crippen LogP contribution in [0.15, 0.2) is 41.8 Å². The van der Waals surface area contributed by atoms with E-state index in [0.29, 0.717) is 23.9 Å². The van der Waals surface area contributed by atoms with Crippen molar-refractivity contribution in [3.8, 4) is 0 Å². The summed E-state index contributed by atoms with van der Waals surface area (Å²) in [6, 6.07) is 12.3. The van der Waals surface area contributed by atoms with Crippen molar-refractivity contribution in [1.29, 1.82) is 0 Å². The van der Waals surface area contributed by atoms with Gasteiger partial charge in [-0.3, -0.25) is 9.89 Å². The lowest BCUT2D eigenvalue weighted by atomic mass is 9.70. The van der Waals surface area contributed by atoms with Gasteiger partial charge in [0.05, 0.1) is 5.69 Å². The van der Waals surface area contributed by atoms with Crippen LogP contribution in [0.4, 0.5) is 5.13 Å². The summed E-state index contributed by atoms with van der Waals surface area (Å²) in [5.41, 5.74) is 9.50. The first-order valence-corrected chi connectivity index (χ1v) is 10.6. The van der Waals surface area contributed by atoms with Crippen LogP contribution in [-0.2, 0) is 11.8 Å². The van der Waals surface area contributed by atoms with Crippen molar-refractivity contribution in [2.24, 2.45) is 0 Å². The van der Waals surface area contributed by atoms with Gasteiger partial charge in [-0.05, 0) is 30.9 Å². The molecular weight excluding hydrogens is 370 g/mol. The number of hydrogen-bond acceptors (Lipinski definition) is 5. The van der Waals surface area contributed by atoms with Gasteiger partial charge < -0.3 is 10.6 Å². The molecule has 1 fully saturated rings. The summed E-state index contributed by atoms with van der Waals surface area (Å²) in [5, 5.41) is 9.85. The number of carbonyl (C=O) groups excluding carboxylic acids is 1. The van der Waals surface area contributed by atoms with E-state index in [2.05, 4.69) is 51.8 Å². The van der Waals surface area contributed by atoms with Crippen molar-refractivity contribution in [2.75, 3.05) is 18.8 Å². The standard InChI is InChI=1S/C21H25N5OS/c1-2-6-16-13-17(25-24-16)19(27)26-11-9-21(10-12-26,15-7-4-3-5-8-15)18-14-28-20(22)23-18/h3-5,7-8,13-14H,2,6,9-12H2,1H3,(H2,22,23)(H,24,25). The monoisotopic (exact) mass is 395 g/mol. The molecule has 1 aliphatic heterocycles. The number of aromatic amines is 1. The molecule has 0 bridgehead atoms. The topological polar surface area (TPSA) is 87.9 Å². The maximum atomic E-state index is 12.9. The highest BCUT2D eigenvalue weighted by Crippen LogP contribution is 2.42. The maximum absolute atomic E-state index is 12.9. The Hall–Kier alpha value is -2.67. The van der Waals surface area contributed by atoms with Crippen molar-refractivity contribution in [2.45, 2.75) is 38.0 Å². The molecule has 1 aliphatic rings. The predicted molar refractivity (Wildman–Crippen MR) is 111 cm³/mol. The summed E-state index contributed by atoms with van der Waals surface area (Å²) in [6.45, 7) is 3.45. The number of likely N-dealkylation sites (tertiary alicyclic amines) is 1. The number of anilines is 1. The lowest BCUT2D eigenvalue weighted by Gasteiger charge is -2.41. The van der Waals surface area contributed by atoms with Crippen molar-refractivity contribution in [1.82, 2.24) is 20.1 Å². The average Bonchev–Trinajstić information content (AvgIpc) is 3.38. The predicted octanol–water partition coefficient (Wildman–Crippen LogP) is 3.62. The summed E-state index contributed by atoms with van der Waals surface area (Å²) in [5.74, 6) is -0.00180. The van der Waals surface area contributed by atoms with Gasteiger partial charge in [0.2, 0.25) is 0 Å². The van der Waals surface area contributed by atoms with E-state index >= 15 is 0 Å². The van der Waals surface area contributed by atoms with Gasteiger partial charge in [0.1, 0.15) is 5.69 Å². The molecule has 3 heterocycles. The minimum Gasteiger partial charge on any atom is -0.375 e. The molecule has 3 aromatic rings. The Labute approximate surface area is 168 Å². The number of nitrogens with zero attached hydrogens (tertiary/aromatic N) is 3. The molecule has 0 atom stereocenters. The number of aromatic nitrogens is 3. The molecule has 2 aromatic heterocycles. The molecule has 1 saturated heterocycles. The number of nitrogens with two attached hydrogens (primary N) is 1. The highest BCUT2D eigenvalue weighted by atomic mass is 32.1. The first-order valence-electron chi connectivity index (χ1n) is 9.73. The van der Waals surface area contributed by atoms with Crippen molar-refractivity contribution < 1.29 is 4.79 Å². The van der Waals surface area contributed by atoms with E-state index in [4.69, 9.17) is 5.73 Å². The third kappa shape index (κ3) is 3.42. The molecule has 3 N–H and O–H groups in total. The van der Waals surface area contributed by atoms with E-state index in [0.717, 1.165) is 37.1 Å². The molecule has 1 aromatic carbocycles. The van der Waals surface area contributed by atoms with Gasteiger partial charge in [0, 0.05) is 29.6 Å². The normalized spacial score (nSPS) is 16.2. The SMILES string of the molecule is CCCc1cc(C(=O)N2CCC(c3ccccc3)(c3csc(N)n3)CC2)n[nH]1. The van der Waals surface area contributed by atoms with Crippen LogP contribution < -0.4 is 5.73 Å². The van der Waals surface area contributed by atoms with Gasteiger partial charge in [-0.25, -0.2) is 4.98 Å². The molecule has 6 nitrogen and oxygen atoms in total. The highest BCUT2D eigenvalue weighted by molar-refractivity contribution is 7.13. The number of piperidine rings is 1. The summed E-state index contributed by atoms with van der Waals surface area (Å²) in [7, 11) is 0. The fourth-order valence-electron chi connectivity index (χ4n) is 4.08. The first-order chi connectivity index (χ1) is 13.6. The quantitative estimate of drug-likeness (QED) is 0.691. The fourth-order valence-corrected chi connectivity index (χ4v) is 4.74. The number of amides is 1. The van der Waals surface area contributed by atoms with Crippen molar-refractivity contribution in [3.05, 3.63) is 64.4 Å². The number of hydrogen-bond donors (Lipinski definition) is 2. The van der Waals surface area contributed by atoms with E-state index in [9.17, 15) is 4.79 Å². The summed E-state index contributed by atoms with van der Waals surface area (Å²) < 4.78 is 0. The molecule has 0 saturated carbocycles. The molecule has 7 heteroatoms. The Balaban J connectivity index is 1.56. The van der Waals surface area contributed by atoms with Gasteiger partial charge in [0.15, 0.2) is 5.13 Å². The number of carbonyl (C=O) groups is 1. The lowest BCUT2D eigenvalue weighted by Crippen LogP contribution is -2.46. The van der Waals surface area contributed by atoms with Crippen molar-refractivity contribution >= 4 is 22.4 Å². The number of benzene rings is 1. The summed E-state index contributed by atoms with van der Waals surface area (Å²) in [4.78, 5) is 19.4. The van der Waals surface area contributed by atoms with E-state index in [1.165, 1.54) is 16.9 Å². The second kappa shape index (κ2) is 7.75. The summed E-state index contributed by atoms with van der Waals surface area (Å²) >= 11 is 1.47. The largest absolute Gasteiger partial charge is 0.375 e. The van der Waals surface area contributed by atoms with Crippen LogP contribution in [0.2, 0.25) is 0 Å². The first kappa shape index (κ1) is 18.7. The van der Waals surface area contributed by atoms with Crippen LogP contribution in [0.5, 0.6) is 0 Å². The maximum Gasteiger partial charge on any atom is 0.274 e. The molecule has 1 amide bonds. The van der Waals surface area contributed by atoms with E-state index in [1.807, 2.05) is 17.0 Å². The number of aryl methyl sites for hydroxylation is 1. The van der Waals surface area contributed by atoms with Crippen LogP contribution in [0, 0.1) is 0 Å². The van der Waals surface area contributed by atoms with Crippen LogP contribution in [0.1, 0.15) is 53.6 Å². The number of nitrogens with one attached hydrogen (secondary N) is 1. The van der Waals surface area contributed by atoms with Gasteiger partial charge >= 0.3 is 0 Å². The highest BCUT2D eigenvalue weighted by Gasteiger charge is 2.41. The average molecular weight is 396 g/mol. The number of rotatable bonds is 5. The molecule has 4 rings (SSSR count). The molecule has 0 aliphatic carbocycles. The lowest BCUT2D eigenvalue weighted by molar-refractivity contribution is 0.0678. The molecule has 0 spiro atoms. The Morgan fingerprint density at radius 2 is 2.04 bits per heavy atom. The zero-order chi connectivity index (χ0) is 19.6. The zero-order valence-electron chi connectivity index (χ0n) is 16.0. The minimum atomic E-state index is -0.203. The van der Waals surface area contributed by atoms with Crippen LogP contribution >= 0.6 is 11.3 Å². The zero-order valence-corrected chi connectivity index (χ0v) is 16.8. The number of H-pyrrole nitrogens is 1. The Bertz CT molecular complexity index is 941. The van der Waals surface area contributed by atoms with Gasteiger partial charge in [-0.15, -0.1) is 11.3 Å². The second-order valence-corrected chi connectivity index (χ2v) is 8.23. The third-order valence-corrected chi connectivity index (χ3v) is 6.29. The molecule has 146 valence electrons. The van der Waals surface area contributed by atoms with Crippen LogP contribution in [-0.4, -0.2) is 39.1 Å².